The molecule has 1 amide bonds. The molecule has 3 N–H and O–H groups in total. The van der Waals surface area contributed by atoms with Crippen LogP contribution in [0.5, 0.6) is 0 Å². The predicted octanol–water partition coefficient (Wildman–Crippen LogP) is 1.13. The number of allylic oxidation sites excluding steroid dienone is 3. The number of nitrogens with one attached hydrogen (secondary N) is 1. The van der Waals surface area contributed by atoms with Gasteiger partial charge in [0.15, 0.2) is 0 Å². The summed E-state index contributed by atoms with van der Waals surface area (Å²) < 4.78 is 22.2. The van der Waals surface area contributed by atoms with Gasteiger partial charge in [-0.15, -0.1) is 0 Å². The van der Waals surface area contributed by atoms with E-state index in [0.29, 0.717) is 13.0 Å². The van der Waals surface area contributed by atoms with E-state index in [-0.39, 0.29) is 10.8 Å². The van der Waals surface area contributed by atoms with Gasteiger partial charge in [-0.2, -0.15) is 0 Å². The van der Waals surface area contributed by atoms with Crippen LogP contribution in [0.3, 0.4) is 0 Å². The van der Waals surface area contributed by atoms with Crippen LogP contribution in [0, 0.1) is 0 Å². The summed E-state index contributed by atoms with van der Waals surface area (Å²) in [4.78, 5) is 11.4. The molecule has 108 valence electrons. The maximum Gasteiger partial charge on any atom is 0.243 e. The lowest BCUT2D eigenvalue weighted by Crippen LogP contribution is -2.23. The smallest absolute Gasteiger partial charge is 0.243 e. The summed E-state index contributed by atoms with van der Waals surface area (Å²) in [5.41, 5.74) is 0.926. The molecule has 0 bridgehead atoms. The van der Waals surface area contributed by atoms with Gasteiger partial charge >= 0.3 is 0 Å². The first kappa shape index (κ1) is 16.1. The fourth-order valence-electron chi connectivity index (χ4n) is 1.49. The Kier molecular flexibility index (Phi) is 6.14. The summed E-state index contributed by atoms with van der Waals surface area (Å²) in [7, 11) is -3.65. The Morgan fingerprint density at radius 1 is 1.25 bits per heavy atom. The number of amides is 1. The molecule has 0 unspecified atom stereocenters. The van der Waals surface area contributed by atoms with E-state index in [2.05, 4.69) is 5.32 Å². The Balaban J connectivity index is 2.45. The molecule has 1 aromatic carbocycles. The maximum atomic E-state index is 11.4. The standard InChI is InChI=1S/C14H18N2O3S/c1-2-3-4-5-14(17)16-11-10-12-6-8-13(9-7-12)20(15,18)19/h2-9H,10-11H2,1H3,(H,16,17)(H2,15,18,19)/b3-2+,5-4+. The van der Waals surface area contributed by atoms with Crippen LogP contribution in [0.25, 0.3) is 0 Å². The second-order valence-electron chi connectivity index (χ2n) is 4.11. The molecule has 0 atom stereocenters. The number of benzene rings is 1. The van der Waals surface area contributed by atoms with Crippen LogP contribution in [0.2, 0.25) is 0 Å². The molecule has 0 aliphatic heterocycles. The van der Waals surface area contributed by atoms with Crippen molar-refractivity contribution in [3.8, 4) is 0 Å². The molecule has 1 aromatic rings. The van der Waals surface area contributed by atoms with Gasteiger partial charge in [-0.05, 0) is 31.0 Å². The highest BCUT2D eigenvalue weighted by Crippen LogP contribution is 2.08. The van der Waals surface area contributed by atoms with Crippen LogP contribution < -0.4 is 10.5 Å². The van der Waals surface area contributed by atoms with Crippen molar-refractivity contribution in [3.63, 3.8) is 0 Å². The van der Waals surface area contributed by atoms with E-state index in [1.165, 1.54) is 18.2 Å². The Labute approximate surface area is 119 Å². The predicted molar refractivity (Wildman–Crippen MR) is 78.5 cm³/mol. The number of carbonyl (C=O) groups excluding carboxylic acids is 1. The van der Waals surface area contributed by atoms with Gasteiger partial charge in [-0.25, -0.2) is 13.6 Å². The van der Waals surface area contributed by atoms with E-state index in [1.807, 2.05) is 13.0 Å². The number of primary sulfonamides is 1. The van der Waals surface area contributed by atoms with E-state index in [9.17, 15) is 13.2 Å². The van der Waals surface area contributed by atoms with Crippen LogP contribution in [0.4, 0.5) is 0 Å². The highest BCUT2D eigenvalue weighted by atomic mass is 32.2. The van der Waals surface area contributed by atoms with Crippen molar-refractivity contribution in [2.75, 3.05) is 6.54 Å². The van der Waals surface area contributed by atoms with E-state index in [0.717, 1.165) is 5.56 Å². The third-order valence-electron chi connectivity index (χ3n) is 2.52. The van der Waals surface area contributed by atoms with Crippen molar-refractivity contribution < 1.29 is 13.2 Å². The van der Waals surface area contributed by atoms with Crippen molar-refractivity contribution >= 4 is 15.9 Å². The van der Waals surface area contributed by atoms with E-state index in [4.69, 9.17) is 5.14 Å². The number of hydrogen-bond acceptors (Lipinski definition) is 3. The molecule has 0 aromatic heterocycles. The van der Waals surface area contributed by atoms with Crippen molar-refractivity contribution in [1.29, 1.82) is 0 Å². The quantitative estimate of drug-likeness (QED) is 0.608. The maximum absolute atomic E-state index is 11.4. The molecule has 0 saturated carbocycles. The van der Waals surface area contributed by atoms with Gasteiger partial charge < -0.3 is 5.32 Å². The van der Waals surface area contributed by atoms with Crippen LogP contribution in [-0.2, 0) is 21.2 Å². The summed E-state index contributed by atoms with van der Waals surface area (Å²) in [6, 6.07) is 6.28. The number of sulfonamides is 1. The van der Waals surface area contributed by atoms with Gasteiger partial charge in [-0.1, -0.05) is 30.4 Å². The zero-order chi connectivity index (χ0) is 15.0. The third-order valence-corrected chi connectivity index (χ3v) is 3.45. The van der Waals surface area contributed by atoms with Gasteiger partial charge in [-0.3, -0.25) is 4.79 Å². The number of hydrogen-bond donors (Lipinski definition) is 2. The minimum Gasteiger partial charge on any atom is -0.352 e. The fourth-order valence-corrected chi connectivity index (χ4v) is 2.00. The van der Waals surface area contributed by atoms with Gasteiger partial charge in [0.1, 0.15) is 0 Å². The molecule has 0 fully saturated rings. The molecule has 6 heteroatoms. The molecular formula is C14H18N2O3S. The lowest BCUT2D eigenvalue weighted by Gasteiger charge is -2.04. The first-order chi connectivity index (χ1) is 9.43. The van der Waals surface area contributed by atoms with Gasteiger partial charge in [0, 0.05) is 12.6 Å². The molecule has 20 heavy (non-hydrogen) atoms. The Morgan fingerprint density at radius 2 is 1.90 bits per heavy atom. The summed E-state index contributed by atoms with van der Waals surface area (Å²) >= 11 is 0. The summed E-state index contributed by atoms with van der Waals surface area (Å²) in [5.74, 6) is -0.163. The van der Waals surface area contributed by atoms with E-state index in [1.54, 1.807) is 24.3 Å². The SMILES string of the molecule is C/C=C/C=C/C(=O)NCCc1ccc(S(N)(=O)=O)cc1. The number of nitrogens with two attached hydrogens (primary N) is 1. The van der Waals surface area contributed by atoms with Crippen LogP contribution >= 0.6 is 0 Å². The van der Waals surface area contributed by atoms with E-state index >= 15 is 0 Å². The topological polar surface area (TPSA) is 89.3 Å². The molecular weight excluding hydrogens is 276 g/mol. The fraction of sp³-hybridized carbons (Fsp3) is 0.214. The second kappa shape index (κ2) is 7.62. The Bertz CT molecular complexity index is 602. The first-order valence-electron chi connectivity index (χ1n) is 6.12. The lowest BCUT2D eigenvalue weighted by molar-refractivity contribution is -0.116. The summed E-state index contributed by atoms with van der Waals surface area (Å²) in [5, 5.41) is 7.74. The molecule has 1 rings (SSSR count). The average molecular weight is 294 g/mol. The molecule has 0 heterocycles. The van der Waals surface area contributed by atoms with Gasteiger partial charge in [0.05, 0.1) is 4.90 Å². The van der Waals surface area contributed by atoms with Crippen molar-refractivity contribution in [2.45, 2.75) is 18.2 Å². The minimum atomic E-state index is -3.65. The largest absolute Gasteiger partial charge is 0.352 e. The zero-order valence-electron chi connectivity index (χ0n) is 11.2. The van der Waals surface area contributed by atoms with Crippen molar-refractivity contribution in [3.05, 3.63) is 54.1 Å². The third kappa shape index (κ3) is 5.81. The number of carbonyl (C=O) groups is 1. The minimum absolute atomic E-state index is 0.0829. The van der Waals surface area contributed by atoms with E-state index < -0.39 is 10.0 Å². The normalized spacial score (nSPS) is 12.1. The molecule has 0 spiro atoms. The number of rotatable bonds is 6. The second-order valence-corrected chi connectivity index (χ2v) is 5.68. The Morgan fingerprint density at radius 3 is 2.45 bits per heavy atom. The first-order valence-corrected chi connectivity index (χ1v) is 7.67. The van der Waals surface area contributed by atoms with Crippen LogP contribution in [0.1, 0.15) is 12.5 Å². The molecule has 0 radical (unpaired) electrons. The highest BCUT2D eigenvalue weighted by Gasteiger charge is 2.06. The Hall–Kier alpha value is -1.92. The monoisotopic (exact) mass is 294 g/mol. The van der Waals surface area contributed by atoms with Crippen LogP contribution in [-0.4, -0.2) is 20.9 Å². The molecule has 5 nitrogen and oxygen atoms in total. The zero-order valence-corrected chi connectivity index (χ0v) is 12.1. The average Bonchev–Trinajstić information content (AvgIpc) is 2.38. The summed E-state index contributed by atoms with van der Waals surface area (Å²) in [6.07, 6.45) is 7.33. The highest BCUT2D eigenvalue weighted by molar-refractivity contribution is 7.89. The van der Waals surface area contributed by atoms with Crippen LogP contribution in [0.15, 0.2) is 53.5 Å². The van der Waals surface area contributed by atoms with Gasteiger partial charge in [0.25, 0.3) is 0 Å². The summed E-state index contributed by atoms with van der Waals surface area (Å²) in [6.45, 7) is 2.35. The van der Waals surface area contributed by atoms with Gasteiger partial charge in [0.2, 0.25) is 15.9 Å². The molecule has 0 saturated heterocycles. The molecule has 0 aliphatic carbocycles. The molecule has 0 aliphatic rings. The lowest BCUT2D eigenvalue weighted by atomic mass is 10.1. The van der Waals surface area contributed by atoms with Crippen molar-refractivity contribution in [1.82, 2.24) is 5.32 Å². The van der Waals surface area contributed by atoms with Crippen molar-refractivity contribution in [2.24, 2.45) is 5.14 Å².